The van der Waals surface area contributed by atoms with Crippen LogP contribution in [0.3, 0.4) is 0 Å². The van der Waals surface area contributed by atoms with Crippen molar-refractivity contribution in [2.24, 2.45) is 0 Å². The highest BCUT2D eigenvalue weighted by molar-refractivity contribution is 8.00. The molecule has 0 saturated carbocycles. The van der Waals surface area contributed by atoms with Gasteiger partial charge in [-0.1, -0.05) is 6.07 Å². The third-order valence-electron chi connectivity index (χ3n) is 1.74. The van der Waals surface area contributed by atoms with Crippen molar-refractivity contribution in [2.45, 2.75) is 11.8 Å². The van der Waals surface area contributed by atoms with Crippen LogP contribution in [-0.4, -0.2) is 18.8 Å². The lowest BCUT2D eigenvalue weighted by molar-refractivity contribution is -0.137. The molecule has 0 aliphatic carbocycles. The molecular formula is C10H13NO2S. The van der Waals surface area contributed by atoms with E-state index in [1.165, 1.54) is 18.9 Å². The summed E-state index contributed by atoms with van der Waals surface area (Å²) in [6.45, 7) is 1.99. The summed E-state index contributed by atoms with van der Waals surface area (Å²) in [7, 11) is 1.38. The Bertz CT molecular complexity index is 339. The Hall–Kier alpha value is -1.16. The zero-order valence-electron chi connectivity index (χ0n) is 8.24. The van der Waals surface area contributed by atoms with Gasteiger partial charge >= 0.3 is 5.97 Å². The predicted molar refractivity (Wildman–Crippen MR) is 58.3 cm³/mol. The topological polar surface area (TPSA) is 52.3 Å². The quantitative estimate of drug-likeness (QED) is 0.471. The summed E-state index contributed by atoms with van der Waals surface area (Å²) in [5, 5.41) is 0. The number of nitrogen functional groups attached to an aromatic ring is 1. The van der Waals surface area contributed by atoms with Gasteiger partial charge in [0, 0.05) is 10.6 Å². The molecule has 0 aliphatic rings. The number of anilines is 1. The fourth-order valence-electron chi connectivity index (χ4n) is 0.962. The van der Waals surface area contributed by atoms with Gasteiger partial charge in [0.05, 0.1) is 12.9 Å². The predicted octanol–water partition coefficient (Wildman–Crippen LogP) is 1.84. The average molecular weight is 211 g/mol. The number of rotatable bonds is 3. The van der Waals surface area contributed by atoms with Gasteiger partial charge in [0.25, 0.3) is 0 Å². The van der Waals surface area contributed by atoms with E-state index in [0.29, 0.717) is 11.4 Å². The Balaban J connectivity index is 2.66. The van der Waals surface area contributed by atoms with Crippen LogP contribution in [0, 0.1) is 6.92 Å². The van der Waals surface area contributed by atoms with E-state index in [-0.39, 0.29) is 5.97 Å². The number of nitrogens with two attached hydrogens (primary N) is 1. The molecule has 1 rings (SSSR count). The molecule has 0 aromatic heterocycles. The monoisotopic (exact) mass is 211 g/mol. The summed E-state index contributed by atoms with van der Waals surface area (Å²) in [6.07, 6.45) is 0. The number of esters is 1. The van der Waals surface area contributed by atoms with E-state index in [2.05, 4.69) is 4.74 Å². The van der Waals surface area contributed by atoms with Gasteiger partial charge in [0.2, 0.25) is 0 Å². The highest BCUT2D eigenvalue weighted by Gasteiger charge is 2.04. The number of hydrogen-bond acceptors (Lipinski definition) is 4. The zero-order chi connectivity index (χ0) is 10.6. The lowest BCUT2D eigenvalue weighted by atomic mass is 10.2. The normalized spacial score (nSPS) is 9.86. The number of ether oxygens (including phenoxy) is 1. The van der Waals surface area contributed by atoms with Crippen LogP contribution in [0.25, 0.3) is 0 Å². The van der Waals surface area contributed by atoms with E-state index in [4.69, 9.17) is 5.73 Å². The molecular weight excluding hydrogens is 198 g/mol. The van der Waals surface area contributed by atoms with E-state index >= 15 is 0 Å². The molecule has 0 fully saturated rings. The molecule has 0 unspecified atom stereocenters. The van der Waals surface area contributed by atoms with Crippen LogP contribution in [0.1, 0.15) is 5.56 Å². The summed E-state index contributed by atoms with van der Waals surface area (Å²) in [6, 6.07) is 5.75. The number of thioether (sulfide) groups is 1. The van der Waals surface area contributed by atoms with Crippen LogP contribution in [0.2, 0.25) is 0 Å². The van der Waals surface area contributed by atoms with E-state index in [9.17, 15) is 4.79 Å². The summed E-state index contributed by atoms with van der Waals surface area (Å²) < 4.78 is 4.54. The van der Waals surface area contributed by atoms with Crippen molar-refractivity contribution in [2.75, 3.05) is 18.6 Å². The van der Waals surface area contributed by atoms with Gasteiger partial charge in [-0.05, 0) is 24.6 Å². The summed E-state index contributed by atoms with van der Waals surface area (Å²) in [4.78, 5) is 11.8. The van der Waals surface area contributed by atoms with Crippen LogP contribution >= 0.6 is 11.8 Å². The Labute approximate surface area is 87.6 Å². The molecule has 0 aliphatic heterocycles. The Morgan fingerprint density at radius 2 is 2.29 bits per heavy atom. The van der Waals surface area contributed by atoms with Crippen molar-refractivity contribution in [3.63, 3.8) is 0 Å². The molecule has 1 aromatic carbocycles. The molecule has 76 valence electrons. The van der Waals surface area contributed by atoms with Crippen molar-refractivity contribution in [1.29, 1.82) is 0 Å². The Morgan fingerprint density at radius 3 is 2.93 bits per heavy atom. The first-order chi connectivity index (χ1) is 6.63. The van der Waals surface area contributed by atoms with Gasteiger partial charge in [0.15, 0.2) is 0 Å². The van der Waals surface area contributed by atoms with Crippen LogP contribution in [0.4, 0.5) is 5.69 Å². The van der Waals surface area contributed by atoms with Crippen molar-refractivity contribution in [1.82, 2.24) is 0 Å². The molecule has 0 radical (unpaired) electrons. The summed E-state index contributed by atoms with van der Waals surface area (Å²) >= 11 is 1.39. The molecule has 4 heteroatoms. The number of aryl methyl sites for hydroxylation is 1. The average Bonchev–Trinajstić information content (AvgIpc) is 2.19. The van der Waals surface area contributed by atoms with Crippen molar-refractivity contribution < 1.29 is 9.53 Å². The van der Waals surface area contributed by atoms with Crippen molar-refractivity contribution in [3.8, 4) is 0 Å². The lowest BCUT2D eigenvalue weighted by Gasteiger charge is -2.05. The maximum Gasteiger partial charge on any atom is 0.315 e. The number of methoxy groups -OCH3 is 1. The minimum atomic E-state index is -0.240. The van der Waals surface area contributed by atoms with Crippen molar-refractivity contribution >= 4 is 23.4 Å². The zero-order valence-corrected chi connectivity index (χ0v) is 9.06. The Kier molecular flexibility index (Phi) is 3.83. The number of carbonyl (C=O) groups excluding carboxylic acids is 1. The van der Waals surface area contributed by atoms with Crippen LogP contribution in [0.5, 0.6) is 0 Å². The van der Waals surface area contributed by atoms with E-state index in [0.717, 1.165) is 10.5 Å². The van der Waals surface area contributed by atoms with Crippen LogP contribution in [0.15, 0.2) is 23.1 Å². The third-order valence-corrected chi connectivity index (χ3v) is 2.79. The van der Waals surface area contributed by atoms with E-state index in [1.807, 2.05) is 25.1 Å². The maximum atomic E-state index is 10.9. The highest BCUT2D eigenvalue weighted by atomic mass is 32.2. The molecule has 0 saturated heterocycles. The molecule has 1 aromatic rings. The molecule has 3 nitrogen and oxygen atoms in total. The molecule has 14 heavy (non-hydrogen) atoms. The number of carbonyl (C=O) groups is 1. The molecule has 0 amide bonds. The number of hydrogen-bond donors (Lipinski definition) is 1. The SMILES string of the molecule is COC(=O)CSc1cc(C)ccc1N. The van der Waals surface area contributed by atoms with E-state index < -0.39 is 0 Å². The number of benzene rings is 1. The van der Waals surface area contributed by atoms with Crippen LogP contribution < -0.4 is 5.73 Å². The lowest BCUT2D eigenvalue weighted by Crippen LogP contribution is -2.03. The second-order valence-corrected chi connectivity index (χ2v) is 3.92. The summed E-state index contributed by atoms with van der Waals surface area (Å²) in [5.41, 5.74) is 7.57. The van der Waals surface area contributed by atoms with Crippen LogP contribution in [-0.2, 0) is 9.53 Å². The first-order valence-electron chi connectivity index (χ1n) is 4.19. The molecule has 0 spiro atoms. The van der Waals surface area contributed by atoms with Gasteiger partial charge in [0.1, 0.15) is 0 Å². The van der Waals surface area contributed by atoms with Crippen molar-refractivity contribution in [3.05, 3.63) is 23.8 Å². The van der Waals surface area contributed by atoms with Gasteiger partial charge in [-0.15, -0.1) is 11.8 Å². The summed E-state index contributed by atoms with van der Waals surface area (Å²) in [5.74, 6) is 0.0559. The molecule has 0 bridgehead atoms. The highest BCUT2D eigenvalue weighted by Crippen LogP contribution is 2.25. The Morgan fingerprint density at radius 1 is 1.57 bits per heavy atom. The van der Waals surface area contributed by atoms with E-state index in [1.54, 1.807) is 0 Å². The van der Waals surface area contributed by atoms with Gasteiger partial charge in [-0.25, -0.2) is 0 Å². The fraction of sp³-hybridized carbons (Fsp3) is 0.300. The largest absolute Gasteiger partial charge is 0.468 e. The van der Waals surface area contributed by atoms with Gasteiger partial charge in [-0.3, -0.25) is 4.79 Å². The molecule has 0 heterocycles. The second kappa shape index (κ2) is 4.91. The maximum absolute atomic E-state index is 10.9. The minimum Gasteiger partial charge on any atom is -0.468 e. The third kappa shape index (κ3) is 2.96. The first kappa shape index (κ1) is 10.9. The van der Waals surface area contributed by atoms with Gasteiger partial charge < -0.3 is 10.5 Å². The first-order valence-corrected chi connectivity index (χ1v) is 5.18. The van der Waals surface area contributed by atoms with Gasteiger partial charge in [-0.2, -0.15) is 0 Å². The second-order valence-electron chi connectivity index (χ2n) is 2.91. The fourth-order valence-corrected chi connectivity index (χ4v) is 1.86. The minimum absolute atomic E-state index is 0.240. The molecule has 0 atom stereocenters. The smallest absolute Gasteiger partial charge is 0.315 e. The standard InChI is InChI=1S/C10H13NO2S/c1-7-3-4-8(11)9(5-7)14-6-10(12)13-2/h3-5H,6,11H2,1-2H3. The molecule has 2 N–H and O–H groups in total.